The molecule has 21 aromatic rings. The van der Waals surface area contributed by atoms with Crippen molar-refractivity contribution in [2.75, 3.05) is 0 Å². The van der Waals surface area contributed by atoms with Crippen molar-refractivity contribution in [3.63, 3.8) is 0 Å². The van der Waals surface area contributed by atoms with E-state index < -0.39 is 0 Å². The first kappa shape index (κ1) is 75.5. The molecule has 0 atom stereocenters. The maximum absolute atomic E-state index is 5.15. The number of rotatable bonds is 10. The Morgan fingerprint density at radius 1 is 0.152 bits per heavy atom. The molecule has 18 aromatic carbocycles. The number of fused-ring (bicyclic) bond motifs is 17. The van der Waals surface area contributed by atoms with Crippen molar-refractivity contribution in [2.45, 2.75) is 57.8 Å². The van der Waals surface area contributed by atoms with Gasteiger partial charge in [-0.2, -0.15) is 0 Å². The Morgan fingerprint density at radius 2 is 0.432 bits per heavy atom. The van der Waals surface area contributed by atoms with Gasteiger partial charge >= 0.3 is 0 Å². The van der Waals surface area contributed by atoms with Crippen LogP contribution in [0.3, 0.4) is 0 Å². The molecular formula is C116H83N9. The zero-order valence-electron chi connectivity index (χ0n) is 70.1. The van der Waals surface area contributed by atoms with Crippen LogP contribution in [0.2, 0.25) is 0 Å². The maximum atomic E-state index is 5.15. The van der Waals surface area contributed by atoms with Gasteiger partial charge in [0.15, 0.2) is 52.4 Å². The fraction of sp³-hybridized carbons (Fsp3) is 0.0776. The van der Waals surface area contributed by atoms with E-state index in [1.54, 1.807) is 0 Å². The van der Waals surface area contributed by atoms with Gasteiger partial charge in [0, 0.05) is 71.7 Å². The molecule has 592 valence electrons. The van der Waals surface area contributed by atoms with Crippen molar-refractivity contribution in [1.82, 2.24) is 44.9 Å². The molecule has 9 nitrogen and oxygen atoms in total. The molecule has 9 heteroatoms. The molecule has 0 amide bonds. The SMILES string of the molecule is CC1(C)c2ccccc2-c2c1ccc1c(-c3nc(-c4ccccc4)nc(-c4ccc5ccccc5c4)n3)cccc21.CC1(C)c2ccccc2-c2c1ccc1cc(-c3nc(-c4ccccc4)nc(-c4ccc5ccccc5c4)n3)ccc21.CC1(C)c2ccccc2-c2c1ccc1cccc(-c3nc(-c4ccccc4)nc(-c4ccc(-c5ccccc5)cc4)n3)c21. The molecule has 3 aliphatic carbocycles. The molecule has 0 N–H and O–H groups in total. The Hall–Kier alpha value is -15.7. The van der Waals surface area contributed by atoms with Gasteiger partial charge in [0.05, 0.1) is 0 Å². The molecule has 0 unspecified atom stereocenters. The molecule has 0 radical (unpaired) electrons. The molecule has 0 spiro atoms. The van der Waals surface area contributed by atoms with Gasteiger partial charge in [0.25, 0.3) is 0 Å². The van der Waals surface area contributed by atoms with Crippen LogP contribution in [0.15, 0.2) is 394 Å². The summed E-state index contributed by atoms with van der Waals surface area (Å²) in [5.41, 5.74) is 27.0. The molecule has 3 aliphatic rings. The van der Waals surface area contributed by atoms with Crippen molar-refractivity contribution < 1.29 is 0 Å². The smallest absolute Gasteiger partial charge is 0.164 e. The second-order valence-corrected chi connectivity index (χ2v) is 34.3. The quantitative estimate of drug-likeness (QED) is 0.132. The summed E-state index contributed by atoms with van der Waals surface area (Å²) >= 11 is 0. The number of hydrogen-bond donors (Lipinski definition) is 0. The van der Waals surface area contributed by atoms with E-state index in [2.05, 4.69) is 363 Å². The predicted octanol–water partition coefficient (Wildman–Crippen LogP) is 29.0. The number of aromatic nitrogens is 9. The van der Waals surface area contributed by atoms with Crippen LogP contribution in [-0.4, -0.2) is 44.9 Å². The maximum Gasteiger partial charge on any atom is 0.164 e. The van der Waals surface area contributed by atoms with Crippen molar-refractivity contribution >= 4 is 53.9 Å². The van der Waals surface area contributed by atoms with E-state index >= 15 is 0 Å². The Labute approximate surface area is 726 Å². The highest BCUT2D eigenvalue weighted by atomic mass is 15.1. The Balaban J connectivity index is 0.000000111. The van der Waals surface area contributed by atoms with Crippen LogP contribution in [0.4, 0.5) is 0 Å². The minimum Gasteiger partial charge on any atom is -0.208 e. The molecule has 0 saturated carbocycles. The lowest BCUT2D eigenvalue weighted by molar-refractivity contribution is 0.660. The van der Waals surface area contributed by atoms with Crippen LogP contribution in [-0.2, 0) is 16.2 Å². The molecule has 125 heavy (non-hydrogen) atoms. The first-order chi connectivity index (χ1) is 61.2. The molecule has 3 heterocycles. The molecule has 0 saturated heterocycles. The number of nitrogens with zero attached hydrogens (tertiary/aromatic N) is 9. The normalized spacial score (nSPS) is 13.2. The van der Waals surface area contributed by atoms with E-state index in [0.717, 1.165) is 71.8 Å². The summed E-state index contributed by atoms with van der Waals surface area (Å²) in [7, 11) is 0. The van der Waals surface area contributed by atoms with Gasteiger partial charge < -0.3 is 0 Å². The van der Waals surface area contributed by atoms with E-state index in [0.29, 0.717) is 52.4 Å². The highest BCUT2D eigenvalue weighted by molar-refractivity contribution is 6.11. The van der Waals surface area contributed by atoms with Crippen LogP contribution >= 0.6 is 0 Å². The lowest BCUT2D eigenvalue weighted by Gasteiger charge is -2.21. The fourth-order valence-electron chi connectivity index (χ4n) is 19.3. The van der Waals surface area contributed by atoms with Gasteiger partial charge in [-0.15, -0.1) is 0 Å². The van der Waals surface area contributed by atoms with Gasteiger partial charge in [-0.3, -0.25) is 0 Å². The average molecular weight is 1600 g/mol. The molecule has 0 fully saturated rings. The zero-order valence-corrected chi connectivity index (χ0v) is 70.1. The second kappa shape index (κ2) is 30.5. The first-order valence-corrected chi connectivity index (χ1v) is 42.8. The van der Waals surface area contributed by atoms with Crippen molar-refractivity contribution in [3.05, 3.63) is 428 Å². The minimum absolute atomic E-state index is 0.0215. The third-order valence-corrected chi connectivity index (χ3v) is 25.8. The van der Waals surface area contributed by atoms with E-state index in [1.807, 2.05) is 72.8 Å². The van der Waals surface area contributed by atoms with Crippen molar-refractivity contribution in [2.24, 2.45) is 0 Å². The summed E-state index contributed by atoms with van der Waals surface area (Å²) in [5.74, 6) is 6.03. The standard InChI is InChI=1S/C40H29N3.2C38H27N3/c1-40(2)33-19-10-9-17-31(33)36-34(40)25-24-28-16-11-18-32(35(28)36)39-42-37(29-14-7-4-8-15-29)41-38(43-39)30-22-20-27(21-23-30)26-12-5-3-6-13-26;1-38(2)32-18-9-8-15-31(32)34-29-16-10-17-30(28(29)21-22-33(34)38)37-40-35(25-12-4-3-5-13-25)39-36(41-37)27-20-19-24-11-6-7-14-26(24)23-27;1-38(2)32-15-9-8-14-31(32)34-30-20-18-29(23-27(30)19-21-33(34)38)37-40-35(25-11-4-3-5-12-25)39-36(41-37)28-17-16-24-10-6-7-13-26(24)22-28/h3-25H,1-2H3;2*3-23H,1-2H3. The number of benzene rings is 18. The molecular weight excluding hydrogens is 1520 g/mol. The highest BCUT2D eigenvalue weighted by Gasteiger charge is 2.40. The topological polar surface area (TPSA) is 116 Å². The Morgan fingerprint density at radius 3 is 0.912 bits per heavy atom. The van der Waals surface area contributed by atoms with Gasteiger partial charge in [0.2, 0.25) is 0 Å². The van der Waals surface area contributed by atoms with Gasteiger partial charge in [-0.05, 0) is 145 Å². The summed E-state index contributed by atoms with van der Waals surface area (Å²) in [6, 6.07) is 139. The summed E-state index contributed by atoms with van der Waals surface area (Å²) in [4.78, 5) is 45.3. The highest BCUT2D eigenvalue weighted by Crippen LogP contribution is 2.56. The lowest BCUT2D eigenvalue weighted by atomic mass is 9.82. The summed E-state index contributed by atoms with van der Waals surface area (Å²) in [5, 5.41) is 11.9. The van der Waals surface area contributed by atoms with E-state index in [4.69, 9.17) is 44.9 Å². The largest absolute Gasteiger partial charge is 0.208 e. The van der Waals surface area contributed by atoms with Crippen molar-refractivity contribution in [1.29, 1.82) is 0 Å². The first-order valence-electron chi connectivity index (χ1n) is 42.8. The Bertz CT molecular complexity index is 7860. The van der Waals surface area contributed by atoms with Crippen LogP contribution in [0, 0.1) is 0 Å². The zero-order chi connectivity index (χ0) is 84.1. The van der Waals surface area contributed by atoms with E-state index in [1.165, 1.54) is 110 Å². The molecule has 0 aliphatic heterocycles. The second-order valence-electron chi connectivity index (χ2n) is 34.3. The predicted molar refractivity (Wildman–Crippen MR) is 514 cm³/mol. The third-order valence-electron chi connectivity index (χ3n) is 25.8. The van der Waals surface area contributed by atoms with Crippen LogP contribution in [0.25, 0.3) is 201 Å². The third kappa shape index (κ3) is 13.3. The summed E-state index contributed by atoms with van der Waals surface area (Å²) < 4.78 is 0. The fourth-order valence-corrected chi connectivity index (χ4v) is 19.3. The van der Waals surface area contributed by atoms with Gasteiger partial charge in [0.1, 0.15) is 0 Å². The van der Waals surface area contributed by atoms with Crippen molar-refractivity contribution in [3.8, 4) is 147 Å². The number of hydrogen-bond acceptors (Lipinski definition) is 9. The van der Waals surface area contributed by atoms with E-state index in [9.17, 15) is 0 Å². The van der Waals surface area contributed by atoms with E-state index in [-0.39, 0.29) is 16.2 Å². The molecule has 3 aromatic heterocycles. The summed E-state index contributed by atoms with van der Waals surface area (Å²) in [6.45, 7) is 13.9. The van der Waals surface area contributed by atoms with Gasteiger partial charge in [-0.1, -0.05) is 418 Å². The van der Waals surface area contributed by atoms with Crippen LogP contribution in [0.1, 0.15) is 74.9 Å². The van der Waals surface area contributed by atoms with Crippen LogP contribution < -0.4 is 0 Å². The molecule has 0 bridgehead atoms. The average Bonchev–Trinajstić information content (AvgIpc) is 1.58. The van der Waals surface area contributed by atoms with Gasteiger partial charge in [-0.25, -0.2) is 44.9 Å². The lowest BCUT2D eigenvalue weighted by Crippen LogP contribution is -2.14. The molecule has 24 rings (SSSR count). The minimum atomic E-state index is -0.0901. The van der Waals surface area contributed by atoms with Crippen LogP contribution in [0.5, 0.6) is 0 Å². The monoisotopic (exact) mass is 1600 g/mol. The summed E-state index contributed by atoms with van der Waals surface area (Å²) in [6.07, 6.45) is 0. The Kier molecular flexibility index (Phi) is 18.4.